The molecule has 1 aliphatic heterocycles. The first-order valence-electron chi connectivity index (χ1n) is 11.9. The van der Waals surface area contributed by atoms with Crippen LogP contribution in [0.15, 0.2) is 17.0 Å². The number of carbonyl (C=O) groups excluding carboxylic acids is 1. The molecule has 1 atom stereocenters. The zero-order chi connectivity index (χ0) is 23.5. The van der Waals surface area contributed by atoms with Crippen molar-refractivity contribution in [1.82, 2.24) is 9.21 Å². The van der Waals surface area contributed by atoms with Crippen molar-refractivity contribution in [3.05, 3.63) is 28.8 Å². The minimum absolute atomic E-state index is 0.0771. The summed E-state index contributed by atoms with van der Waals surface area (Å²) in [5, 5.41) is 0. The van der Waals surface area contributed by atoms with Crippen LogP contribution in [0.5, 0.6) is 0 Å². The molecule has 0 aromatic heterocycles. The van der Waals surface area contributed by atoms with E-state index in [2.05, 4.69) is 53.7 Å². The lowest BCUT2D eigenvalue weighted by molar-refractivity contribution is -0.136. The van der Waals surface area contributed by atoms with Gasteiger partial charge in [0.15, 0.2) is 0 Å². The van der Waals surface area contributed by atoms with Gasteiger partial charge in [-0.15, -0.1) is 0 Å². The van der Waals surface area contributed by atoms with Gasteiger partial charge < -0.3 is 4.90 Å². The number of rotatable bonds is 8. The average molecular weight is 451 g/mol. The third kappa shape index (κ3) is 5.51. The van der Waals surface area contributed by atoms with Crippen molar-refractivity contribution in [2.75, 3.05) is 26.2 Å². The number of carbonyl (C=O) groups is 1. The van der Waals surface area contributed by atoms with Gasteiger partial charge in [-0.3, -0.25) is 4.79 Å². The molecule has 1 saturated heterocycles. The largest absolute Gasteiger partial charge is 0.343 e. The fraction of sp³-hybridized carbons (Fsp3) is 0.720. The first-order chi connectivity index (χ1) is 14.4. The highest BCUT2D eigenvalue weighted by Gasteiger charge is 2.37. The zero-order valence-electron chi connectivity index (χ0n) is 20.7. The predicted octanol–water partition coefficient (Wildman–Crippen LogP) is 5.33. The first-order valence-corrected chi connectivity index (χ1v) is 13.4. The van der Waals surface area contributed by atoms with E-state index >= 15 is 0 Å². The summed E-state index contributed by atoms with van der Waals surface area (Å²) in [5.41, 5.74) is 2.97. The molecule has 0 radical (unpaired) electrons. The molecular weight excluding hydrogens is 408 g/mol. The van der Waals surface area contributed by atoms with E-state index in [1.54, 1.807) is 4.31 Å². The van der Waals surface area contributed by atoms with Gasteiger partial charge in [-0.05, 0) is 61.1 Å². The van der Waals surface area contributed by atoms with Crippen molar-refractivity contribution >= 4 is 15.9 Å². The maximum absolute atomic E-state index is 14.0. The number of amides is 1. The number of piperidine rings is 1. The lowest BCUT2D eigenvalue weighted by atomic mass is 9.89. The molecule has 0 aliphatic carbocycles. The summed E-state index contributed by atoms with van der Waals surface area (Å²) >= 11 is 0. The Balaban J connectivity index is 2.54. The molecule has 31 heavy (non-hydrogen) atoms. The highest BCUT2D eigenvalue weighted by Crippen LogP contribution is 2.37. The van der Waals surface area contributed by atoms with Gasteiger partial charge in [0.05, 0.1) is 10.8 Å². The van der Waals surface area contributed by atoms with E-state index in [-0.39, 0.29) is 30.2 Å². The summed E-state index contributed by atoms with van der Waals surface area (Å²) in [4.78, 5) is 15.2. The lowest BCUT2D eigenvalue weighted by Gasteiger charge is -2.35. The molecule has 1 aromatic rings. The second-order valence-electron chi connectivity index (χ2n) is 9.71. The molecule has 0 spiro atoms. The summed E-state index contributed by atoms with van der Waals surface area (Å²) < 4.78 is 29.6. The zero-order valence-corrected chi connectivity index (χ0v) is 21.6. The summed E-state index contributed by atoms with van der Waals surface area (Å²) in [5.74, 6) is 0.340. The molecule has 1 unspecified atom stereocenters. The number of nitrogens with zero attached hydrogens (tertiary/aromatic N) is 2. The quantitative estimate of drug-likeness (QED) is 0.538. The van der Waals surface area contributed by atoms with Gasteiger partial charge in [-0.2, -0.15) is 4.31 Å². The number of hydrogen-bond donors (Lipinski definition) is 0. The Kier molecular flexibility index (Phi) is 8.74. The maximum Gasteiger partial charge on any atom is 0.243 e. The molecule has 176 valence electrons. The van der Waals surface area contributed by atoms with Crippen LogP contribution >= 0.6 is 0 Å². The van der Waals surface area contributed by atoms with E-state index in [1.165, 1.54) is 5.56 Å². The van der Waals surface area contributed by atoms with Gasteiger partial charge in [0, 0.05) is 26.2 Å². The fourth-order valence-corrected chi connectivity index (χ4v) is 6.66. The van der Waals surface area contributed by atoms with Crippen molar-refractivity contribution in [2.45, 2.75) is 90.9 Å². The Labute approximate surface area is 190 Å². The van der Waals surface area contributed by atoms with Gasteiger partial charge in [0.1, 0.15) is 0 Å². The topological polar surface area (TPSA) is 57.7 Å². The smallest absolute Gasteiger partial charge is 0.243 e. The normalized spacial score (nSPS) is 18.2. The molecule has 1 aliphatic rings. The van der Waals surface area contributed by atoms with Crippen LogP contribution in [0.4, 0.5) is 0 Å². The van der Waals surface area contributed by atoms with E-state index < -0.39 is 10.0 Å². The number of hydrogen-bond acceptors (Lipinski definition) is 3. The second-order valence-corrected chi connectivity index (χ2v) is 11.6. The predicted molar refractivity (Wildman–Crippen MR) is 128 cm³/mol. The van der Waals surface area contributed by atoms with Crippen molar-refractivity contribution in [3.8, 4) is 0 Å². The molecule has 2 rings (SSSR count). The molecule has 6 heteroatoms. The minimum Gasteiger partial charge on any atom is -0.343 e. The third-order valence-electron chi connectivity index (χ3n) is 6.49. The summed E-state index contributed by atoms with van der Waals surface area (Å²) in [7, 11) is -3.70. The van der Waals surface area contributed by atoms with E-state index in [1.807, 2.05) is 18.7 Å². The van der Waals surface area contributed by atoms with Crippen LogP contribution in [0.2, 0.25) is 0 Å². The molecule has 1 fully saturated rings. The van der Waals surface area contributed by atoms with Crippen molar-refractivity contribution in [3.63, 3.8) is 0 Å². The van der Waals surface area contributed by atoms with Crippen LogP contribution in [0, 0.1) is 5.92 Å². The van der Waals surface area contributed by atoms with E-state index in [4.69, 9.17) is 0 Å². The van der Waals surface area contributed by atoms with Gasteiger partial charge in [-0.25, -0.2) is 8.42 Å². The van der Waals surface area contributed by atoms with Crippen molar-refractivity contribution < 1.29 is 13.2 Å². The van der Waals surface area contributed by atoms with Gasteiger partial charge in [0.25, 0.3) is 0 Å². The molecular formula is C25H42N2O3S. The van der Waals surface area contributed by atoms with E-state index in [0.29, 0.717) is 30.4 Å². The van der Waals surface area contributed by atoms with Crippen LogP contribution in [-0.4, -0.2) is 49.7 Å². The fourth-order valence-electron chi connectivity index (χ4n) is 4.47. The van der Waals surface area contributed by atoms with Gasteiger partial charge in [-0.1, -0.05) is 53.7 Å². The Morgan fingerprint density at radius 1 is 1.00 bits per heavy atom. The third-order valence-corrected chi connectivity index (χ3v) is 8.48. The Hall–Kier alpha value is -1.40. The average Bonchev–Trinajstić information content (AvgIpc) is 2.73. The Morgan fingerprint density at radius 2 is 1.52 bits per heavy atom. The second kappa shape index (κ2) is 10.5. The first kappa shape index (κ1) is 25.9. The van der Waals surface area contributed by atoms with Gasteiger partial charge >= 0.3 is 0 Å². The molecule has 1 amide bonds. The summed E-state index contributed by atoms with van der Waals surface area (Å²) in [6, 6.07) is 4.16. The van der Waals surface area contributed by atoms with Crippen molar-refractivity contribution in [1.29, 1.82) is 0 Å². The molecule has 1 heterocycles. The molecule has 0 saturated carbocycles. The molecule has 1 aromatic carbocycles. The SMILES string of the molecule is CCN(CC)C(=O)C1CCCN(S(=O)(=O)c2c(C(C)C)cc(C(C)C)cc2C(C)C)C1. The molecule has 0 bridgehead atoms. The Bertz CT molecular complexity index is 842. The minimum atomic E-state index is -3.70. The van der Waals surface area contributed by atoms with Crippen LogP contribution in [0.25, 0.3) is 0 Å². The van der Waals surface area contributed by atoms with E-state index in [0.717, 1.165) is 24.0 Å². The number of sulfonamides is 1. The van der Waals surface area contributed by atoms with Crippen LogP contribution < -0.4 is 0 Å². The van der Waals surface area contributed by atoms with Gasteiger partial charge in [0.2, 0.25) is 15.9 Å². The maximum atomic E-state index is 14.0. The standard InChI is InChI=1S/C25H42N2O3S/c1-9-26(10-2)25(28)20-12-11-13-27(16-20)31(29,30)24-22(18(5)6)14-21(17(3)4)15-23(24)19(7)8/h14-15,17-20H,9-13,16H2,1-8H3. The van der Waals surface area contributed by atoms with Crippen LogP contribution in [0.1, 0.15) is 103 Å². The van der Waals surface area contributed by atoms with Crippen molar-refractivity contribution in [2.24, 2.45) is 5.92 Å². The monoisotopic (exact) mass is 450 g/mol. The summed E-state index contributed by atoms with van der Waals surface area (Å²) in [6.45, 7) is 18.5. The van der Waals surface area contributed by atoms with Crippen LogP contribution in [0.3, 0.4) is 0 Å². The number of benzene rings is 1. The molecule has 5 nitrogen and oxygen atoms in total. The Morgan fingerprint density at radius 3 is 1.94 bits per heavy atom. The highest BCUT2D eigenvalue weighted by molar-refractivity contribution is 7.89. The van der Waals surface area contributed by atoms with Crippen LogP contribution in [-0.2, 0) is 14.8 Å². The molecule has 0 N–H and O–H groups in total. The summed E-state index contributed by atoms with van der Waals surface area (Å²) in [6.07, 6.45) is 1.47. The lowest BCUT2D eigenvalue weighted by Crippen LogP contribution is -2.47. The highest BCUT2D eigenvalue weighted by atomic mass is 32.2. The van der Waals surface area contributed by atoms with E-state index in [9.17, 15) is 13.2 Å².